The Hall–Kier alpha value is -0.120. The number of hydrogen-bond donors (Lipinski definition) is 1. The molecule has 2 unspecified atom stereocenters. The quantitative estimate of drug-likeness (QED) is 0.655. The SMILES string of the molecule is CCC(C)N(C)C(CNCC(C)C)COC. The second-order valence-corrected chi connectivity index (χ2v) is 5.08. The lowest BCUT2D eigenvalue weighted by Crippen LogP contribution is -2.47. The summed E-state index contributed by atoms with van der Waals surface area (Å²) >= 11 is 0. The first kappa shape index (κ1) is 15.9. The van der Waals surface area contributed by atoms with Crippen molar-refractivity contribution in [3.8, 4) is 0 Å². The smallest absolute Gasteiger partial charge is 0.0630 e. The molecule has 0 spiro atoms. The fourth-order valence-electron chi connectivity index (χ4n) is 1.70. The van der Waals surface area contributed by atoms with Gasteiger partial charge in [0.2, 0.25) is 0 Å². The van der Waals surface area contributed by atoms with Crippen LogP contribution >= 0.6 is 0 Å². The van der Waals surface area contributed by atoms with Crippen molar-refractivity contribution in [2.75, 3.05) is 33.9 Å². The molecule has 0 saturated carbocycles. The van der Waals surface area contributed by atoms with Gasteiger partial charge < -0.3 is 10.1 Å². The number of methoxy groups -OCH3 is 1. The Balaban J connectivity index is 4.04. The van der Waals surface area contributed by atoms with Crippen LogP contribution in [0.1, 0.15) is 34.1 Å². The third-order valence-electron chi connectivity index (χ3n) is 3.15. The number of nitrogens with zero attached hydrogens (tertiary/aromatic N) is 1. The van der Waals surface area contributed by atoms with Crippen LogP contribution in [0.2, 0.25) is 0 Å². The first-order valence-electron chi connectivity index (χ1n) is 6.44. The summed E-state index contributed by atoms with van der Waals surface area (Å²) in [4.78, 5) is 2.41. The largest absolute Gasteiger partial charge is 0.383 e. The number of nitrogens with one attached hydrogen (secondary N) is 1. The molecule has 1 N–H and O–H groups in total. The lowest BCUT2D eigenvalue weighted by molar-refractivity contribution is 0.0823. The minimum absolute atomic E-state index is 0.471. The van der Waals surface area contributed by atoms with Crippen molar-refractivity contribution >= 4 is 0 Å². The van der Waals surface area contributed by atoms with Crippen LogP contribution in [-0.4, -0.2) is 50.8 Å². The van der Waals surface area contributed by atoms with Crippen LogP contribution in [0.15, 0.2) is 0 Å². The molecule has 3 nitrogen and oxygen atoms in total. The van der Waals surface area contributed by atoms with Gasteiger partial charge in [-0.15, -0.1) is 0 Å². The molecular formula is C13H30N2O. The van der Waals surface area contributed by atoms with Gasteiger partial charge in [0.25, 0.3) is 0 Å². The molecule has 16 heavy (non-hydrogen) atoms. The predicted molar refractivity (Wildman–Crippen MR) is 70.9 cm³/mol. The van der Waals surface area contributed by atoms with E-state index in [1.807, 2.05) is 0 Å². The summed E-state index contributed by atoms with van der Waals surface area (Å²) in [5.41, 5.74) is 0. The van der Waals surface area contributed by atoms with Crippen molar-refractivity contribution < 1.29 is 4.74 Å². The van der Waals surface area contributed by atoms with E-state index in [0.29, 0.717) is 18.0 Å². The van der Waals surface area contributed by atoms with Crippen molar-refractivity contribution in [2.45, 2.75) is 46.2 Å². The Morgan fingerprint density at radius 2 is 1.81 bits per heavy atom. The summed E-state index contributed by atoms with van der Waals surface area (Å²) in [5.74, 6) is 0.706. The van der Waals surface area contributed by atoms with Crippen LogP contribution in [0.25, 0.3) is 0 Å². The molecule has 0 aromatic heterocycles. The maximum absolute atomic E-state index is 5.30. The van der Waals surface area contributed by atoms with Gasteiger partial charge in [-0.25, -0.2) is 0 Å². The summed E-state index contributed by atoms with van der Waals surface area (Å²) in [6, 6.07) is 1.08. The second-order valence-electron chi connectivity index (χ2n) is 5.08. The predicted octanol–water partition coefficient (Wildman–Crippen LogP) is 1.98. The van der Waals surface area contributed by atoms with Crippen LogP contribution in [-0.2, 0) is 4.74 Å². The Bertz CT molecular complexity index is 162. The monoisotopic (exact) mass is 230 g/mol. The van der Waals surface area contributed by atoms with Gasteiger partial charge in [-0.3, -0.25) is 4.90 Å². The van der Waals surface area contributed by atoms with Gasteiger partial charge in [-0.05, 0) is 32.9 Å². The van der Waals surface area contributed by atoms with E-state index in [9.17, 15) is 0 Å². The zero-order chi connectivity index (χ0) is 12.6. The fraction of sp³-hybridized carbons (Fsp3) is 1.00. The molecule has 0 aliphatic rings. The number of hydrogen-bond acceptors (Lipinski definition) is 3. The van der Waals surface area contributed by atoms with Gasteiger partial charge in [0.15, 0.2) is 0 Å². The number of likely N-dealkylation sites (N-methyl/N-ethyl adjacent to an activating group) is 1. The summed E-state index contributed by atoms with van der Waals surface area (Å²) in [7, 11) is 3.97. The average molecular weight is 230 g/mol. The van der Waals surface area contributed by atoms with E-state index in [4.69, 9.17) is 4.74 Å². The molecule has 0 aliphatic carbocycles. The van der Waals surface area contributed by atoms with Gasteiger partial charge in [-0.2, -0.15) is 0 Å². The summed E-state index contributed by atoms with van der Waals surface area (Å²) in [6.07, 6.45) is 1.18. The molecule has 0 aromatic carbocycles. The van der Waals surface area contributed by atoms with Crippen LogP contribution in [0.5, 0.6) is 0 Å². The standard InChI is InChI=1S/C13H30N2O/c1-7-12(4)15(5)13(10-16-6)9-14-8-11(2)3/h11-14H,7-10H2,1-6H3. The van der Waals surface area contributed by atoms with Crippen LogP contribution < -0.4 is 5.32 Å². The van der Waals surface area contributed by atoms with E-state index in [1.165, 1.54) is 6.42 Å². The van der Waals surface area contributed by atoms with Gasteiger partial charge in [-0.1, -0.05) is 20.8 Å². The Kier molecular flexibility index (Phi) is 8.90. The molecule has 98 valence electrons. The van der Waals surface area contributed by atoms with E-state index in [0.717, 1.165) is 19.7 Å². The topological polar surface area (TPSA) is 24.5 Å². The minimum atomic E-state index is 0.471. The van der Waals surface area contributed by atoms with Gasteiger partial charge >= 0.3 is 0 Å². The molecule has 0 bridgehead atoms. The average Bonchev–Trinajstić information content (AvgIpc) is 2.25. The highest BCUT2D eigenvalue weighted by Gasteiger charge is 2.18. The molecule has 0 amide bonds. The highest BCUT2D eigenvalue weighted by Crippen LogP contribution is 2.06. The fourth-order valence-corrected chi connectivity index (χ4v) is 1.70. The summed E-state index contributed by atoms with van der Waals surface area (Å²) in [6.45, 7) is 11.8. The van der Waals surface area contributed by atoms with Crippen molar-refractivity contribution in [3.05, 3.63) is 0 Å². The molecular weight excluding hydrogens is 200 g/mol. The van der Waals surface area contributed by atoms with Gasteiger partial charge in [0.05, 0.1) is 6.61 Å². The zero-order valence-corrected chi connectivity index (χ0v) is 11.9. The number of ether oxygens (including phenoxy) is 1. The Labute approximate surface area is 102 Å². The van der Waals surface area contributed by atoms with Crippen molar-refractivity contribution in [1.29, 1.82) is 0 Å². The van der Waals surface area contributed by atoms with Crippen molar-refractivity contribution in [2.24, 2.45) is 5.92 Å². The normalized spacial score (nSPS) is 15.8. The lowest BCUT2D eigenvalue weighted by atomic mass is 10.1. The maximum atomic E-state index is 5.30. The molecule has 0 heterocycles. The van der Waals surface area contributed by atoms with Crippen molar-refractivity contribution in [1.82, 2.24) is 10.2 Å². The first-order chi connectivity index (χ1) is 7.52. The second kappa shape index (κ2) is 8.97. The molecule has 0 aliphatic heterocycles. The Morgan fingerprint density at radius 3 is 2.25 bits per heavy atom. The first-order valence-corrected chi connectivity index (χ1v) is 6.44. The molecule has 0 saturated heterocycles. The minimum Gasteiger partial charge on any atom is -0.383 e. The Morgan fingerprint density at radius 1 is 1.19 bits per heavy atom. The maximum Gasteiger partial charge on any atom is 0.0630 e. The highest BCUT2D eigenvalue weighted by molar-refractivity contribution is 4.75. The molecule has 0 fully saturated rings. The van der Waals surface area contributed by atoms with Crippen LogP contribution in [0, 0.1) is 5.92 Å². The van der Waals surface area contributed by atoms with Crippen LogP contribution in [0.3, 0.4) is 0 Å². The molecule has 3 heteroatoms. The third kappa shape index (κ3) is 6.46. The summed E-state index contributed by atoms with van der Waals surface area (Å²) < 4.78 is 5.30. The van der Waals surface area contributed by atoms with Gasteiger partial charge in [0.1, 0.15) is 0 Å². The van der Waals surface area contributed by atoms with Crippen LogP contribution in [0.4, 0.5) is 0 Å². The van der Waals surface area contributed by atoms with E-state index in [-0.39, 0.29) is 0 Å². The van der Waals surface area contributed by atoms with E-state index in [1.54, 1.807) is 7.11 Å². The number of rotatable bonds is 9. The molecule has 0 radical (unpaired) electrons. The molecule has 2 atom stereocenters. The lowest BCUT2D eigenvalue weighted by Gasteiger charge is -2.32. The molecule has 0 aromatic rings. The van der Waals surface area contributed by atoms with E-state index >= 15 is 0 Å². The highest BCUT2D eigenvalue weighted by atomic mass is 16.5. The summed E-state index contributed by atoms with van der Waals surface area (Å²) in [5, 5.41) is 3.51. The van der Waals surface area contributed by atoms with Gasteiger partial charge in [0, 0.05) is 25.7 Å². The van der Waals surface area contributed by atoms with Crippen molar-refractivity contribution in [3.63, 3.8) is 0 Å². The molecule has 0 rings (SSSR count). The third-order valence-corrected chi connectivity index (χ3v) is 3.15. The zero-order valence-electron chi connectivity index (χ0n) is 11.9. The van der Waals surface area contributed by atoms with E-state index < -0.39 is 0 Å². The van der Waals surface area contributed by atoms with E-state index in [2.05, 4.69) is 45.0 Å².